The molecule has 0 radical (unpaired) electrons. The van der Waals surface area contributed by atoms with Crippen molar-refractivity contribution in [1.82, 2.24) is 44.8 Å². The highest BCUT2D eigenvalue weighted by atomic mass is 35.7. The summed E-state index contributed by atoms with van der Waals surface area (Å²) < 4.78 is 47.0. The van der Waals surface area contributed by atoms with E-state index in [1.54, 1.807) is 0 Å². The predicted molar refractivity (Wildman–Crippen MR) is 227 cm³/mol. The van der Waals surface area contributed by atoms with Crippen LogP contribution >= 0.6 is 57.1 Å². The van der Waals surface area contributed by atoms with Gasteiger partial charge in [0.15, 0.2) is 28.3 Å². The van der Waals surface area contributed by atoms with E-state index in [1.165, 1.54) is 49.3 Å². The van der Waals surface area contributed by atoms with E-state index in [9.17, 15) is 31.5 Å². The lowest BCUT2D eigenvalue weighted by Crippen LogP contribution is -2.36. The number of halogens is 5. The molecule has 0 aliphatic carbocycles. The van der Waals surface area contributed by atoms with Crippen LogP contribution < -0.4 is 15.3 Å². The molecule has 0 saturated heterocycles. The molecule has 17 nitrogen and oxygen atoms in total. The second kappa shape index (κ2) is 20.7. The summed E-state index contributed by atoms with van der Waals surface area (Å²) in [6, 6.07) is 4.19. The number of aromatic hydroxyl groups is 1. The number of nitrogens with zero attached hydrogens (tertiary/aromatic N) is 7. The summed E-state index contributed by atoms with van der Waals surface area (Å²) >= 11 is 23.7. The first kappa shape index (κ1) is 48.2. The van der Waals surface area contributed by atoms with Gasteiger partial charge in [-0.1, -0.05) is 53.3 Å². The third kappa shape index (κ3) is 13.7. The number of hydrogen-bond acceptors (Lipinski definition) is 15. The third-order valence-corrected chi connectivity index (χ3v) is 8.69. The van der Waals surface area contributed by atoms with Crippen LogP contribution in [0.1, 0.15) is 34.6 Å². The fraction of sp³-hybridized carbons (Fsp3) is 0.294. The molecule has 0 aliphatic heterocycles. The monoisotopic (exact) mass is 937 g/mol. The van der Waals surface area contributed by atoms with Gasteiger partial charge in [-0.2, -0.15) is 8.42 Å². The molecular formula is C34H36Cl5N9O8S2. The van der Waals surface area contributed by atoms with Crippen LogP contribution in [-0.4, -0.2) is 97.9 Å². The lowest BCUT2D eigenvalue weighted by Gasteiger charge is -2.28. The van der Waals surface area contributed by atoms with Crippen LogP contribution in [0.3, 0.4) is 0 Å². The molecule has 0 fully saturated rings. The number of aromatic nitrogens is 8. The Morgan fingerprint density at radius 2 is 1.10 bits per heavy atom. The maximum absolute atomic E-state index is 12.4. The lowest BCUT2D eigenvalue weighted by molar-refractivity contribution is 0.185. The second-order valence-corrected chi connectivity index (χ2v) is 18.6. The Balaban J connectivity index is 0.000000237. The van der Waals surface area contributed by atoms with Gasteiger partial charge in [-0.25, -0.2) is 28.4 Å². The molecule has 0 spiro atoms. The van der Waals surface area contributed by atoms with Crippen LogP contribution in [0.4, 0.5) is 0 Å². The van der Waals surface area contributed by atoms with Gasteiger partial charge in [-0.05, 0) is 46.4 Å². The number of aromatic amines is 2. The Morgan fingerprint density at radius 3 is 1.50 bits per heavy atom. The van der Waals surface area contributed by atoms with Crippen LogP contribution in [0, 0.1) is 0 Å². The van der Waals surface area contributed by atoms with Crippen molar-refractivity contribution in [3.8, 4) is 34.0 Å². The minimum absolute atomic E-state index is 0.00789. The van der Waals surface area contributed by atoms with E-state index in [4.69, 9.17) is 50.6 Å². The molecule has 6 heterocycles. The Kier molecular flexibility index (Phi) is 17.2. The normalized spacial score (nSPS) is 11.4. The molecule has 312 valence electrons. The Morgan fingerprint density at radius 1 is 0.707 bits per heavy atom. The summed E-state index contributed by atoms with van der Waals surface area (Å²) in [6.45, 7) is 12.3. The van der Waals surface area contributed by atoms with Crippen LogP contribution in [0.5, 0.6) is 11.5 Å². The summed E-state index contributed by atoms with van der Waals surface area (Å²) in [5.74, 6) is -0.630. The molecule has 0 amide bonds. The van der Waals surface area contributed by atoms with Crippen LogP contribution in [0.2, 0.25) is 20.1 Å². The molecule has 6 rings (SSSR count). The van der Waals surface area contributed by atoms with E-state index in [-0.39, 0.29) is 71.4 Å². The van der Waals surface area contributed by atoms with Crippen molar-refractivity contribution in [1.29, 1.82) is 0 Å². The molecule has 0 unspecified atom stereocenters. The number of H-pyrrole nitrogens is 2. The first-order valence-corrected chi connectivity index (χ1v) is 22.6. The SMILES string of the molecule is CCN(C(C)C)C(C)C.CS(=O)(=O)Cl.CS(=O)(=O)Oc1c(-c2ncc(Cl)cc2Cl)c(=O)[nH]c2nccnc12.O=c1[nH]c2nccnc2c(O)c1-c1ncc(Cl)cc1Cl. The van der Waals surface area contributed by atoms with Gasteiger partial charge in [0.25, 0.3) is 11.1 Å². The largest absolute Gasteiger partial charge is 0.505 e. The first-order valence-electron chi connectivity index (χ1n) is 16.5. The summed E-state index contributed by atoms with van der Waals surface area (Å²) in [5.41, 5.74) is -0.907. The molecule has 6 aromatic rings. The average Bonchev–Trinajstić information content (AvgIpc) is 3.09. The van der Waals surface area contributed by atoms with Gasteiger partial charge < -0.3 is 19.3 Å². The maximum atomic E-state index is 12.4. The molecule has 0 aliphatic rings. The van der Waals surface area contributed by atoms with Crippen molar-refractivity contribution < 1.29 is 26.1 Å². The second-order valence-electron chi connectivity index (χ2n) is 12.3. The quantitative estimate of drug-likeness (QED) is 0.111. The van der Waals surface area contributed by atoms with Gasteiger partial charge in [-0.3, -0.25) is 24.5 Å². The van der Waals surface area contributed by atoms with E-state index < -0.39 is 30.3 Å². The van der Waals surface area contributed by atoms with Gasteiger partial charge in [0.1, 0.15) is 16.6 Å². The summed E-state index contributed by atoms with van der Waals surface area (Å²) in [4.78, 5) is 55.8. The Hall–Kier alpha value is -4.21. The van der Waals surface area contributed by atoms with Crippen molar-refractivity contribution in [2.24, 2.45) is 0 Å². The summed E-state index contributed by atoms with van der Waals surface area (Å²) in [5, 5.41) is 11.0. The number of rotatable bonds is 7. The van der Waals surface area contributed by atoms with Gasteiger partial charge in [0.2, 0.25) is 9.05 Å². The standard InChI is InChI=1S/C13H8Cl2N4O4S.C12H6Cl2N4O2.C8H19N.CH3ClO2S/c1-24(21,22)23-11-8(9-7(15)4-6(14)5-18-9)13(20)19-12-10(11)16-2-3-17-12;13-5-3-6(14)8(17-4-5)7-10(19)9-11(18-12(7)20)16-2-1-15-9;1-6-9(7(2)3)8(4)5;1-5(2,3)4/h2-5H,1H3,(H,17,19,20);1-4H,(H2,16,18,19,20);7-8H,6H2,1-5H3;1H3. The zero-order valence-electron chi connectivity index (χ0n) is 31.6. The zero-order chi connectivity index (χ0) is 43.7. The molecule has 0 bridgehead atoms. The molecule has 0 saturated carbocycles. The molecule has 58 heavy (non-hydrogen) atoms. The van der Waals surface area contributed by atoms with Crippen molar-refractivity contribution in [2.45, 2.75) is 46.7 Å². The van der Waals surface area contributed by atoms with E-state index in [2.05, 4.69) is 90.1 Å². The highest BCUT2D eigenvalue weighted by molar-refractivity contribution is 8.13. The topological polar surface area (TPSA) is 244 Å². The Bertz CT molecular complexity index is 2740. The molecule has 0 aromatic carbocycles. The van der Waals surface area contributed by atoms with Crippen molar-refractivity contribution >= 4 is 98.6 Å². The highest BCUT2D eigenvalue weighted by Gasteiger charge is 2.24. The van der Waals surface area contributed by atoms with E-state index >= 15 is 0 Å². The van der Waals surface area contributed by atoms with Gasteiger partial charge in [0, 0.05) is 59.9 Å². The molecule has 0 atom stereocenters. The van der Waals surface area contributed by atoms with Crippen LogP contribution in [0.15, 0.2) is 58.9 Å². The molecule has 3 N–H and O–H groups in total. The van der Waals surface area contributed by atoms with Crippen molar-refractivity contribution in [3.05, 3.63) is 90.1 Å². The molecule has 6 aromatic heterocycles. The summed E-state index contributed by atoms with van der Waals surface area (Å²) in [6.07, 6.45) is 9.86. The fourth-order valence-corrected chi connectivity index (χ4v) is 6.59. The van der Waals surface area contributed by atoms with E-state index in [0.717, 1.165) is 19.1 Å². The average molecular weight is 940 g/mol. The number of pyridine rings is 4. The third-order valence-electron chi connectivity index (χ3n) is 7.23. The van der Waals surface area contributed by atoms with E-state index in [1.807, 2.05) is 0 Å². The van der Waals surface area contributed by atoms with Crippen LogP contribution in [-0.2, 0) is 19.2 Å². The van der Waals surface area contributed by atoms with Gasteiger partial charge in [0.05, 0.1) is 44.0 Å². The number of fused-ring (bicyclic) bond motifs is 2. The van der Waals surface area contributed by atoms with E-state index in [0.29, 0.717) is 17.1 Å². The molecular weight excluding hydrogens is 904 g/mol. The Labute approximate surface area is 357 Å². The smallest absolute Gasteiger partial charge is 0.306 e. The zero-order valence-corrected chi connectivity index (χ0v) is 37.0. The van der Waals surface area contributed by atoms with Crippen molar-refractivity contribution in [3.63, 3.8) is 0 Å². The minimum atomic E-state index is -3.95. The minimum Gasteiger partial charge on any atom is -0.505 e. The first-order chi connectivity index (χ1) is 26.9. The lowest BCUT2D eigenvalue weighted by atomic mass is 10.1. The summed E-state index contributed by atoms with van der Waals surface area (Å²) in [7, 11) is -2.65. The highest BCUT2D eigenvalue weighted by Crippen LogP contribution is 2.36. The van der Waals surface area contributed by atoms with Gasteiger partial charge in [-0.15, -0.1) is 0 Å². The maximum Gasteiger partial charge on any atom is 0.306 e. The van der Waals surface area contributed by atoms with Crippen molar-refractivity contribution in [2.75, 3.05) is 19.1 Å². The molecule has 24 heteroatoms. The number of nitrogens with one attached hydrogen (secondary N) is 2. The van der Waals surface area contributed by atoms with Gasteiger partial charge >= 0.3 is 10.1 Å². The fourth-order valence-electron chi connectivity index (χ4n) is 5.18. The predicted octanol–water partition coefficient (Wildman–Crippen LogP) is 6.73. The van der Waals surface area contributed by atoms with Crippen LogP contribution in [0.25, 0.3) is 44.8 Å². The number of hydrogen-bond donors (Lipinski definition) is 3.